The number of nitrogens with one attached hydrogen (secondary N) is 2. The van der Waals surface area contributed by atoms with Crippen molar-refractivity contribution in [1.29, 1.82) is 0 Å². The number of amides is 1. The first-order valence-corrected chi connectivity index (χ1v) is 8.48. The normalized spacial score (nSPS) is 10.2. The molecule has 0 saturated carbocycles. The Bertz CT molecular complexity index is 916. The monoisotopic (exact) mass is 383 g/mol. The molecule has 0 unspecified atom stereocenters. The lowest BCUT2D eigenvalue weighted by molar-refractivity contribution is 0.102. The fraction of sp³-hybridized carbons (Fsp3) is 0.200. The summed E-state index contributed by atoms with van der Waals surface area (Å²) in [6.45, 7) is 0.505. The van der Waals surface area contributed by atoms with Crippen molar-refractivity contribution >= 4 is 17.3 Å². The number of carbonyl (C=O) groups excluding carboxylic acids is 1. The maximum Gasteiger partial charge on any atom is 0.274 e. The van der Waals surface area contributed by atoms with Gasteiger partial charge in [0.25, 0.3) is 5.91 Å². The van der Waals surface area contributed by atoms with Crippen molar-refractivity contribution in [1.82, 2.24) is 4.98 Å². The number of nitrogens with zero attached hydrogens (tertiary/aromatic N) is 1. The van der Waals surface area contributed by atoms with Crippen molar-refractivity contribution in [2.75, 3.05) is 32.0 Å². The molecule has 1 amide bonds. The van der Waals surface area contributed by atoms with E-state index in [2.05, 4.69) is 15.6 Å². The molecule has 8 nitrogen and oxygen atoms in total. The molecular weight excluding hydrogens is 362 g/mol. The molecule has 0 fully saturated rings. The Morgan fingerprint density at radius 1 is 1.04 bits per heavy atom. The average Bonchev–Trinajstić information content (AvgIpc) is 3.25. The van der Waals surface area contributed by atoms with Gasteiger partial charge in [-0.05, 0) is 24.3 Å². The van der Waals surface area contributed by atoms with Crippen LogP contribution in [0.1, 0.15) is 16.2 Å². The number of rotatable bonds is 8. The van der Waals surface area contributed by atoms with Crippen molar-refractivity contribution in [2.45, 2.75) is 6.54 Å². The number of methoxy groups -OCH3 is 3. The predicted octanol–water partition coefficient (Wildman–Crippen LogP) is 3.56. The second kappa shape index (κ2) is 8.81. The van der Waals surface area contributed by atoms with Gasteiger partial charge in [-0.25, -0.2) is 0 Å². The van der Waals surface area contributed by atoms with E-state index in [1.54, 1.807) is 36.7 Å². The van der Waals surface area contributed by atoms with Gasteiger partial charge in [0.15, 0.2) is 11.5 Å². The number of hydrogen-bond acceptors (Lipinski definition) is 7. The summed E-state index contributed by atoms with van der Waals surface area (Å²) in [5.74, 6) is 1.76. The van der Waals surface area contributed by atoms with Crippen LogP contribution in [0.25, 0.3) is 0 Å². The highest BCUT2D eigenvalue weighted by Gasteiger charge is 2.16. The number of carbonyl (C=O) groups is 1. The third-order valence-corrected chi connectivity index (χ3v) is 3.96. The molecule has 0 radical (unpaired) electrons. The number of pyridine rings is 1. The van der Waals surface area contributed by atoms with E-state index in [1.165, 1.54) is 21.3 Å². The molecule has 146 valence electrons. The maximum absolute atomic E-state index is 12.6. The van der Waals surface area contributed by atoms with Gasteiger partial charge < -0.3 is 29.3 Å². The van der Waals surface area contributed by atoms with Crippen molar-refractivity contribution in [2.24, 2.45) is 0 Å². The fourth-order valence-corrected chi connectivity index (χ4v) is 2.62. The summed E-state index contributed by atoms with van der Waals surface area (Å²) >= 11 is 0. The lowest BCUT2D eigenvalue weighted by Gasteiger charge is -2.14. The van der Waals surface area contributed by atoms with Gasteiger partial charge in [0.05, 0.1) is 34.1 Å². The van der Waals surface area contributed by atoms with Crippen LogP contribution in [0.3, 0.4) is 0 Å². The molecule has 1 aromatic carbocycles. The van der Waals surface area contributed by atoms with Crippen LogP contribution in [0.4, 0.5) is 11.4 Å². The Morgan fingerprint density at radius 3 is 2.39 bits per heavy atom. The second-order valence-corrected chi connectivity index (χ2v) is 5.73. The highest BCUT2D eigenvalue weighted by atomic mass is 16.5. The van der Waals surface area contributed by atoms with Crippen LogP contribution in [0.2, 0.25) is 0 Å². The van der Waals surface area contributed by atoms with Gasteiger partial charge >= 0.3 is 0 Å². The van der Waals surface area contributed by atoms with E-state index in [1.807, 2.05) is 12.1 Å². The second-order valence-electron chi connectivity index (χ2n) is 5.73. The Morgan fingerprint density at radius 2 is 1.79 bits per heavy atom. The number of anilines is 2. The van der Waals surface area contributed by atoms with Crippen LogP contribution in [0, 0.1) is 0 Å². The zero-order valence-corrected chi connectivity index (χ0v) is 15.8. The van der Waals surface area contributed by atoms with Crippen LogP contribution >= 0.6 is 0 Å². The van der Waals surface area contributed by atoms with E-state index in [4.69, 9.17) is 18.6 Å². The van der Waals surface area contributed by atoms with Crippen LogP contribution in [0.5, 0.6) is 17.2 Å². The molecule has 0 atom stereocenters. The average molecular weight is 383 g/mol. The Labute approximate surface area is 162 Å². The van der Waals surface area contributed by atoms with Gasteiger partial charge in [-0.3, -0.25) is 9.78 Å². The minimum atomic E-state index is -0.365. The van der Waals surface area contributed by atoms with Gasteiger partial charge in [0.1, 0.15) is 11.5 Å². The fourth-order valence-electron chi connectivity index (χ4n) is 2.62. The molecule has 2 N–H and O–H groups in total. The number of ether oxygens (including phenoxy) is 3. The van der Waals surface area contributed by atoms with E-state index in [0.29, 0.717) is 29.5 Å². The quantitative estimate of drug-likeness (QED) is 0.614. The Hall–Kier alpha value is -3.68. The maximum atomic E-state index is 12.6. The van der Waals surface area contributed by atoms with Crippen molar-refractivity contribution < 1.29 is 23.4 Å². The Kier molecular flexibility index (Phi) is 6.01. The third kappa shape index (κ3) is 4.35. The van der Waals surface area contributed by atoms with Crippen LogP contribution in [-0.2, 0) is 6.54 Å². The van der Waals surface area contributed by atoms with Gasteiger partial charge in [-0.15, -0.1) is 0 Å². The zero-order chi connectivity index (χ0) is 19.9. The van der Waals surface area contributed by atoms with Gasteiger partial charge in [0.2, 0.25) is 5.75 Å². The van der Waals surface area contributed by atoms with Gasteiger partial charge in [-0.2, -0.15) is 0 Å². The molecule has 28 heavy (non-hydrogen) atoms. The third-order valence-electron chi connectivity index (χ3n) is 3.96. The van der Waals surface area contributed by atoms with Gasteiger partial charge in [0, 0.05) is 29.7 Å². The molecule has 0 aliphatic carbocycles. The molecule has 0 aliphatic rings. The zero-order valence-electron chi connectivity index (χ0n) is 15.8. The van der Waals surface area contributed by atoms with Crippen LogP contribution in [0.15, 0.2) is 53.3 Å². The lowest BCUT2D eigenvalue weighted by Crippen LogP contribution is -2.14. The highest BCUT2D eigenvalue weighted by molar-refractivity contribution is 6.03. The summed E-state index contributed by atoms with van der Waals surface area (Å²) in [5, 5.41) is 5.98. The minimum Gasteiger partial charge on any atom is -0.493 e. The molecule has 8 heteroatoms. The topological polar surface area (TPSA) is 94.9 Å². The number of benzene rings is 1. The van der Waals surface area contributed by atoms with E-state index >= 15 is 0 Å². The largest absolute Gasteiger partial charge is 0.493 e. The predicted molar refractivity (Wildman–Crippen MR) is 104 cm³/mol. The Balaban J connectivity index is 1.75. The summed E-state index contributed by atoms with van der Waals surface area (Å²) in [6.07, 6.45) is 3.18. The smallest absolute Gasteiger partial charge is 0.274 e. The molecule has 0 saturated heterocycles. The first-order chi connectivity index (χ1) is 13.6. The molecular formula is C20H21N3O5. The molecule has 0 aliphatic heterocycles. The van der Waals surface area contributed by atoms with E-state index in [0.717, 1.165) is 11.4 Å². The number of furan rings is 1. The lowest BCUT2D eigenvalue weighted by atomic mass is 10.2. The summed E-state index contributed by atoms with van der Waals surface area (Å²) < 4.78 is 21.2. The summed E-state index contributed by atoms with van der Waals surface area (Å²) in [4.78, 5) is 16.8. The first kappa shape index (κ1) is 19.1. The molecule has 3 aromatic rings. The van der Waals surface area contributed by atoms with Crippen molar-refractivity contribution in [3.63, 3.8) is 0 Å². The molecule has 0 bridgehead atoms. The van der Waals surface area contributed by atoms with E-state index in [9.17, 15) is 4.79 Å². The standard InChI is InChI=1S/C20H21N3O5/c1-25-17-10-14(11-18(26-2)19(17)27-3)23-20(24)16-9-13(6-7-21-16)22-12-15-5-4-8-28-15/h4-11H,12H2,1-3H3,(H,21,22)(H,23,24). The van der Waals surface area contributed by atoms with Crippen LogP contribution < -0.4 is 24.8 Å². The summed E-state index contributed by atoms with van der Waals surface area (Å²) in [7, 11) is 4.54. The summed E-state index contributed by atoms with van der Waals surface area (Å²) in [6, 6.07) is 10.4. The van der Waals surface area contributed by atoms with Crippen molar-refractivity contribution in [3.8, 4) is 17.2 Å². The van der Waals surface area contributed by atoms with E-state index < -0.39 is 0 Å². The minimum absolute atomic E-state index is 0.262. The SMILES string of the molecule is COc1cc(NC(=O)c2cc(NCc3ccco3)ccn2)cc(OC)c1OC. The number of aromatic nitrogens is 1. The summed E-state index contributed by atoms with van der Waals surface area (Å²) in [5.41, 5.74) is 1.51. The molecule has 3 rings (SSSR count). The number of hydrogen-bond donors (Lipinski definition) is 2. The molecule has 0 spiro atoms. The van der Waals surface area contributed by atoms with Crippen LogP contribution in [-0.4, -0.2) is 32.2 Å². The van der Waals surface area contributed by atoms with E-state index in [-0.39, 0.29) is 11.6 Å². The van der Waals surface area contributed by atoms with Crippen molar-refractivity contribution in [3.05, 3.63) is 60.3 Å². The molecule has 2 aromatic heterocycles. The molecule has 2 heterocycles. The highest BCUT2D eigenvalue weighted by Crippen LogP contribution is 2.40. The first-order valence-electron chi connectivity index (χ1n) is 8.48. The van der Waals surface area contributed by atoms with Gasteiger partial charge in [-0.1, -0.05) is 0 Å².